The Morgan fingerprint density at radius 2 is 1.71 bits per heavy atom. The molecule has 1 unspecified atom stereocenters. The molecule has 2 aromatic carbocycles. The quantitative estimate of drug-likeness (QED) is 0.257. The predicted molar refractivity (Wildman–Crippen MR) is 173 cm³/mol. The summed E-state index contributed by atoms with van der Waals surface area (Å²) in [5.74, 6) is -0.411. The van der Waals surface area contributed by atoms with Gasteiger partial charge < -0.3 is 21.1 Å². The van der Waals surface area contributed by atoms with Crippen LogP contribution in [0.2, 0.25) is 5.02 Å². The fourth-order valence-electron chi connectivity index (χ4n) is 5.89. The Morgan fingerprint density at radius 3 is 2.36 bits per heavy atom. The van der Waals surface area contributed by atoms with Gasteiger partial charge in [-0.1, -0.05) is 54.1 Å². The van der Waals surface area contributed by atoms with Crippen molar-refractivity contribution in [2.24, 2.45) is 19.8 Å². The standard InChI is InChI=1S/C33H35ClN6O5/c1-18-20(8-6-9-21(18)28-26(29(35)42)31(43)40(4)32(44)39(28)3)22-10-7-11-23(27(22)34)24-13-12-19(30(37-24)45-5)16-36-17-33(2)15-14-25(41)38-33/h6-13,36H,14-17H2,1-5H3,(H2,35,42)(H,38,41). The van der Waals surface area contributed by atoms with E-state index in [2.05, 4.69) is 10.6 Å². The van der Waals surface area contributed by atoms with Crippen molar-refractivity contribution in [2.45, 2.75) is 38.8 Å². The maximum atomic E-state index is 12.9. The summed E-state index contributed by atoms with van der Waals surface area (Å²) in [6.07, 6.45) is 1.31. The number of rotatable bonds is 9. The van der Waals surface area contributed by atoms with Gasteiger partial charge in [0.2, 0.25) is 11.8 Å². The van der Waals surface area contributed by atoms with E-state index in [-0.39, 0.29) is 22.7 Å². The highest BCUT2D eigenvalue weighted by Crippen LogP contribution is 2.40. The fraction of sp³-hybridized carbons (Fsp3) is 0.303. The molecule has 1 atom stereocenters. The average Bonchev–Trinajstić information content (AvgIpc) is 3.36. The largest absolute Gasteiger partial charge is 0.481 e. The van der Waals surface area contributed by atoms with Gasteiger partial charge >= 0.3 is 5.69 Å². The molecule has 1 saturated heterocycles. The molecule has 2 aromatic heterocycles. The summed E-state index contributed by atoms with van der Waals surface area (Å²) in [5.41, 5.74) is 8.64. The molecule has 0 spiro atoms. The molecule has 1 aliphatic rings. The number of pyridine rings is 1. The van der Waals surface area contributed by atoms with Crippen molar-refractivity contribution in [1.82, 2.24) is 24.8 Å². The molecular weight excluding hydrogens is 596 g/mol. The second kappa shape index (κ2) is 12.3. The van der Waals surface area contributed by atoms with Crippen molar-refractivity contribution in [3.63, 3.8) is 0 Å². The number of aromatic nitrogens is 3. The molecule has 3 heterocycles. The molecule has 11 nitrogen and oxygen atoms in total. The summed E-state index contributed by atoms with van der Waals surface area (Å²) in [7, 11) is 4.36. The number of hydrogen-bond acceptors (Lipinski definition) is 7. The zero-order valence-electron chi connectivity index (χ0n) is 25.8. The second-order valence-corrected chi connectivity index (χ2v) is 11.9. The van der Waals surface area contributed by atoms with Crippen LogP contribution in [-0.2, 0) is 25.4 Å². The molecule has 1 fully saturated rings. The number of primary amides is 1. The van der Waals surface area contributed by atoms with Crippen molar-refractivity contribution in [3.8, 4) is 39.5 Å². The van der Waals surface area contributed by atoms with E-state index < -0.39 is 17.2 Å². The molecule has 0 radical (unpaired) electrons. The van der Waals surface area contributed by atoms with Crippen LogP contribution in [0.5, 0.6) is 5.88 Å². The summed E-state index contributed by atoms with van der Waals surface area (Å²) in [5, 5.41) is 6.86. The number of amides is 2. The third kappa shape index (κ3) is 5.88. The summed E-state index contributed by atoms with van der Waals surface area (Å²) in [4.78, 5) is 54.6. The van der Waals surface area contributed by atoms with Crippen LogP contribution >= 0.6 is 11.6 Å². The third-order valence-corrected chi connectivity index (χ3v) is 8.78. The van der Waals surface area contributed by atoms with E-state index in [4.69, 9.17) is 27.1 Å². The number of hydrogen-bond donors (Lipinski definition) is 3. The van der Waals surface area contributed by atoms with Gasteiger partial charge in [0.15, 0.2) is 0 Å². The molecule has 0 bridgehead atoms. The highest BCUT2D eigenvalue weighted by atomic mass is 35.5. The number of halogens is 1. The molecule has 4 aromatic rings. The summed E-state index contributed by atoms with van der Waals surface area (Å²) in [6, 6.07) is 14.8. The minimum absolute atomic E-state index is 0.0655. The lowest BCUT2D eigenvalue weighted by Crippen LogP contribution is -2.46. The van der Waals surface area contributed by atoms with Crippen LogP contribution in [0.4, 0.5) is 0 Å². The highest BCUT2D eigenvalue weighted by Gasteiger charge is 2.32. The van der Waals surface area contributed by atoms with Gasteiger partial charge in [-0.05, 0) is 37.5 Å². The number of carbonyl (C=O) groups is 2. The zero-order chi connectivity index (χ0) is 32.6. The lowest BCUT2D eigenvalue weighted by atomic mass is 9.92. The van der Waals surface area contributed by atoms with Crippen LogP contribution in [-0.4, -0.2) is 45.1 Å². The molecule has 0 aliphatic carbocycles. The molecule has 12 heteroatoms. The van der Waals surface area contributed by atoms with Crippen molar-refractivity contribution >= 4 is 23.4 Å². The summed E-state index contributed by atoms with van der Waals surface area (Å²) >= 11 is 7.04. The minimum Gasteiger partial charge on any atom is -0.481 e. The van der Waals surface area contributed by atoms with Crippen LogP contribution < -0.4 is 32.4 Å². The topological polar surface area (TPSA) is 150 Å². The van der Waals surface area contributed by atoms with Crippen molar-refractivity contribution < 1.29 is 14.3 Å². The molecule has 4 N–H and O–H groups in total. The van der Waals surface area contributed by atoms with Crippen LogP contribution in [0.15, 0.2) is 58.1 Å². The minimum atomic E-state index is -0.927. The van der Waals surface area contributed by atoms with Crippen LogP contribution in [0, 0.1) is 6.92 Å². The average molecular weight is 631 g/mol. The summed E-state index contributed by atoms with van der Waals surface area (Å²) in [6.45, 7) is 4.97. The number of nitrogens with zero attached hydrogens (tertiary/aromatic N) is 3. The van der Waals surface area contributed by atoms with E-state index >= 15 is 0 Å². The van der Waals surface area contributed by atoms with Crippen LogP contribution in [0.25, 0.3) is 33.6 Å². The first-order valence-electron chi connectivity index (χ1n) is 14.4. The van der Waals surface area contributed by atoms with Gasteiger partial charge in [0.05, 0.1) is 29.1 Å². The lowest BCUT2D eigenvalue weighted by molar-refractivity contribution is -0.119. The molecule has 234 valence electrons. The summed E-state index contributed by atoms with van der Waals surface area (Å²) < 4.78 is 7.74. The van der Waals surface area contributed by atoms with E-state index in [9.17, 15) is 19.2 Å². The zero-order valence-corrected chi connectivity index (χ0v) is 26.5. The van der Waals surface area contributed by atoms with Crippen LogP contribution in [0.1, 0.15) is 41.3 Å². The third-order valence-electron chi connectivity index (χ3n) is 8.37. The molecule has 5 rings (SSSR count). The number of benzene rings is 2. The van der Waals surface area contributed by atoms with Gasteiger partial charge in [0.1, 0.15) is 5.56 Å². The Labute approximate surface area is 265 Å². The van der Waals surface area contributed by atoms with Crippen molar-refractivity contribution in [2.75, 3.05) is 13.7 Å². The van der Waals surface area contributed by atoms with E-state index in [1.165, 1.54) is 18.7 Å². The Balaban J connectivity index is 1.51. The Morgan fingerprint density at radius 1 is 1.04 bits per heavy atom. The first-order valence-corrected chi connectivity index (χ1v) is 14.8. The van der Waals surface area contributed by atoms with Crippen molar-refractivity contribution in [1.29, 1.82) is 0 Å². The van der Waals surface area contributed by atoms with Gasteiger partial charge in [-0.25, -0.2) is 9.78 Å². The maximum absolute atomic E-state index is 12.9. The van der Waals surface area contributed by atoms with Gasteiger partial charge in [-0.15, -0.1) is 0 Å². The molecule has 1 aliphatic heterocycles. The Kier molecular flexibility index (Phi) is 8.68. The Hall–Kier alpha value is -4.74. The number of nitrogens with two attached hydrogens (primary N) is 1. The maximum Gasteiger partial charge on any atom is 0.330 e. The van der Waals surface area contributed by atoms with Gasteiger partial charge in [-0.2, -0.15) is 0 Å². The number of methoxy groups -OCH3 is 1. The van der Waals surface area contributed by atoms with Gasteiger partial charge in [0, 0.05) is 55.9 Å². The number of nitrogens with one attached hydrogen (secondary N) is 2. The number of carbonyl (C=O) groups excluding carboxylic acids is 2. The van der Waals surface area contributed by atoms with E-state index in [1.807, 2.05) is 50.2 Å². The fourth-order valence-corrected chi connectivity index (χ4v) is 6.22. The first-order chi connectivity index (χ1) is 21.4. The van der Waals surface area contributed by atoms with Gasteiger partial charge in [0.25, 0.3) is 11.5 Å². The lowest BCUT2D eigenvalue weighted by Gasteiger charge is -2.24. The highest BCUT2D eigenvalue weighted by molar-refractivity contribution is 6.36. The normalized spacial score (nSPS) is 16.1. The van der Waals surface area contributed by atoms with E-state index in [0.29, 0.717) is 58.4 Å². The SMILES string of the molecule is COc1nc(-c2cccc(-c3cccc(-c4c(C(N)=O)c(=O)n(C)c(=O)n4C)c3C)c2Cl)ccc1CNCC1(C)CCC(=O)N1. The Bertz CT molecular complexity index is 1970. The van der Waals surface area contributed by atoms with E-state index in [1.54, 1.807) is 19.2 Å². The molecular formula is C33H35ClN6O5. The van der Waals surface area contributed by atoms with E-state index in [0.717, 1.165) is 22.1 Å². The van der Waals surface area contributed by atoms with Gasteiger partial charge in [-0.3, -0.25) is 23.5 Å². The first kappa shape index (κ1) is 31.7. The molecule has 45 heavy (non-hydrogen) atoms. The van der Waals surface area contributed by atoms with Crippen molar-refractivity contribution in [3.05, 3.63) is 91.1 Å². The number of ether oxygens (including phenoxy) is 1. The molecule has 0 saturated carbocycles. The smallest absolute Gasteiger partial charge is 0.330 e. The monoisotopic (exact) mass is 630 g/mol. The van der Waals surface area contributed by atoms with Crippen LogP contribution in [0.3, 0.4) is 0 Å². The second-order valence-electron chi connectivity index (χ2n) is 11.5. The predicted octanol–water partition coefficient (Wildman–Crippen LogP) is 3.31. The molecule has 2 amide bonds.